The number of nitrogens with one attached hydrogen (secondary N) is 2. The van der Waals surface area contributed by atoms with Crippen molar-refractivity contribution >= 4 is 40.7 Å². The third-order valence-corrected chi connectivity index (χ3v) is 6.43. The molecule has 1 fully saturated rings. The summed E-state index contributed by atoms with van der Waals surface area (Å²) in [6, 6.07) is 7.79. The molecule has 150 valence electrons. The highest BCUT2D eigenvalue weighted by molar-refractivity contribution is 7.10. The number of urea groups is 1. The first-order chi connectivity index (χ1) is 13.9. The van der Waals surface area contributed by atoms with E-state index in [0.29, 0.717) is 24.1 Å². The summed E-state index contributed by atoms with van der Waals surface area (Å²) in [7, 11) is 0. The molecule has 29 heavy (non-hydrogen) atoms. The van der Waals surface area contributed by atoms with Crippen LogP contribution in [0, 0.1) is 0 Å². The zero-order valence-electron chi connectivity index (χ0n) is 16.0. The van der Waals surface area contributed by atoms with E-state index in [0.717, 1.165) is 28.2 Å². The van der Waals surface area contributed by atoms with Gasteiger partial charge in [-0.05, 0) is 55.0 Å². The number of amides is 4. The van der Waals surface area contributed by atoms with E-state index < -0.39 is 11.6 Å². The fraction of sp³-hybridized carbons (Fsp3) is 0.333. The highest BCUT2D eigenvalue weighted by atomic mass is 32.1. The fourth-order valence-corrected chi connectivity index (χ4v) is 4.91. The van der Waals surface area contributed by atoms with E-state index >= 15 is 0 Å². The Hall–Kier alpha value is -3.00. The molecule has 1 aliphatic carbocycles. The molecule has 0 radical (unpaired) electrons. The maximum atomic E-state index is 13.2. The predicted octanol–water partition coefficient (Wildman–Crippen LogP) is 3.06. The van der Waals surface area contributed by atoms with Crippen molar-refractivity contribution in [3.63, 3.8) is 0 Å². The first kappa shape index (κ1) is 19.3. The van der Waals surface area contributed by atoms with Crippen molar-refractivity contribution in [2.24, 2.45) is 0 Å². The maximum absolute atomic E-state index is 13.2. The molecule has 2 aliphatic rings. The molecule has 0 unspecified atom stereocenters. The quantitative estimate of drug-likeness (QED) is 0.584. The monoisotopic (exact) mass is 411 g/mol. The number of thiophene rings is 1. The molecule has 0 bridgehead atoms. The number of carbonyl (C=O) groups is 4. The van der Waals surface area contributed by atoms with Crippen molar-refractivity contribution in [1.82, 2.24) is 10.2 Å². The Morgan fingerprint density at radius 3 is 2.69 bits per heavy atom. The summed E-state index contributed by atoms with van der Waals surface area (Å²) >= 11 is 1.59. The fourth-order valence-electron chi connectivity index (χ4n) is 3.91. The number of anilines is 1. The van der Waals surface area contributed by atoms with Crippen LogP contribution in [0.5, 0.6) is 0 Å². The third kappa shape index (κ3) is 3.33. The first-order valence-electron chi connectivity index (χ1n) is 9.58. The third-order valence-electron chi connectivity index (χ3n) is 5.45. The maximum Gasteiger partial charge on any atom is 0.325 e. The number of carbonyl (C=O) groups excluding carboxylic acids is 4. The zero-order valence-corrected chi connectivity index (χ0v) is 16.8. The number of nitrogens with zero attached hydrogens (tertiary/aromatic N) is 1. The molecule has 1 aromatic carbocycles. The summed E-state index contributed by atoms with van der Waals surface area (Å²) in [5.41, 5.74) is 0.785. The highest BCUT2D eigenvalue weighted by Crippen LogP contribution is 2.42. The van der Waals surface area contributed by atoms with Gasteiger partial charge in [-0.3, -0.25) is 19.3 Å². The number of benzene rings is 1. The molecule has 0 saturated carbocycles. The molecule has 2 N–H and O–H groups in total. The normalized spacial score (nSPS) is 20.5. The van der Waals surface area contributed by atoms with Gasteiger partial charge < -0.3 is 10.6 Å². The smallest absolute Gasteiger partial charge is 0.325 e. The lowest BCUT2D eigenvalue weighted by atomic mass is 9.80. The number of Topliss-reactive ketones (excluding diaryl/α,β-unsaturated/α-hetero) is 1. The van der Waals surface area contributed by atoms with Gasteiger partial charge in [0.05, 0.1) is 6.54 Å². The van der Waals surface area contributed by atoms with Crippen LogP contribution >= 0.6 is 11.3 Å². The molecule has 1 spiro atoms. The van der Waals surface area contributed by atoms with Crippen molar-refractivity contribution in [3.8, 4) is 0 Å². The van der Waals surface area contributed by atoms with Crippen LogP contribution in [0.4, 0.5) is 10.5 Å². The van der Waals surface area contributed by atoms with Gasteiger partial charge in [0, 0.05) is 28.1 Å². The Balaban J connectivity index is 1.50. The largest absolute Gasteiger partial charge is 0.326 e. The van der Waals surface area contributed by atoms with Crippen molar-refractivity contribution in [1.29, 1.82) is 0 Å². The molecule has 1 saturated heterocycles. The topological polar surface area (TPSA) is 95.6 Å². The lowest BCUT2D eigenvalue weighted by molar-refractivity contribution is -0.131. The number of hydrogen-bond donors (Lipinski definition) is 2. The van der Waals surface area contributed by atoms with Gasteiger partial charge in [-0.25, -0.2) is 4.79 Å². The van der Waals surface area contributed by atoms with Gasteiger partial charge in [0.2, 0.25) is 5.91 Å². The number of aryl methyl sites for hydroxylation is 1. The van der Waals surface area contributed by atoms with Crippen molar-refractivity contribution in [2.45, 2.75) is 38.1 Å². The van der Waals surface area contributed by atoms with Crippen LogP contribution in [-0.2, 0) is 21.5 Å². The van der Waals surface area contributed by atoms with Crippen LogP contribution in [0.15, 0.2) is 35.7 Å². The SMILES string of the molecule is CCC(=O)Nc1ccc(C(=O)CN2C(=O)N[C@@]3(CCCc4sccc43)C2=O)cc1. The van der Waals surface area contributed by atoms with Gasteiger partial charge in [0.25, 0.3) is 5.91 Å². The van der Waals surface area contributed by atoms with E-state index in [4.69, 9.17) is 0 Å². The minimum absolute atomic E-state index is 0.117. The molecule has 8 heteroatoms. The lowest BCUT2D eigenvalue weighted by Crippen LogP contribution is -2.46. The first-order valence-corrected chi connectivity index (χ1v) is 10.5. The van der Waals surface area contributed by atoms with E-state index in [1.54, 1.807) is 42.5 Å². The van der Waals surface area contributed by atoms with Crippen molar-refractivity contribution < 1.29 is 19.2 Å². The minimum atomic E-state index is -1.04. The molecular formula is C21H21N3O4S. The van der Waals surface area contributed by atoms with Crippen LogP contribution in [-0.4, -0.2) is 35.1 Å². The molecule has 2 aromatic rings. The summed E-state index contributed by atoms with van der Waals surface area (Å²) in [6.07, 6.45) is 2.61. The van der Waals surface area contributed by atoms with Gasteiger partial charge in [0.15, 0.2) is 5.78 Å². The summed E-state index contributed by atoms with van der Waals surface area (Å²) < 4.78 is 0. The van der Waals surface area contributed by atoms with Crippen LogP contribution in [0.2, 0.25) is 0 Å². The van der Waals surface area contributed by atoms with Gasteiger partial charge in [-0.1, -0.05) is 6.92 Å². The van der Waals surface area contributed by atoms with E-state index in [2.05, 4.69) is 10.6 Å². The average molecular weight is 411 g/mol. The molecule has 1 atom stereocenters. The second-order valence-electron chi connectivity index (χ2n) is 7.24. The van der Waals surface area contributed by atoms with Crippen LogP contribution in [0.1, 0.15) is 47.0 Å². The van der Waals surface area contributed by atoms with Gasteiger partial charge in [0.1, 0.15) is 5.54 Å². The number of hydrogen-bond acceptors (Lipinski definition) is 5. The predicted molar refractivity (Wildman–Crippen MR) is 109 cm³/mol. The van der Waals surface area contributed by atoms with Gasteiger partial charge >= 0.3 is 6.03 Å². The van der Waals surface area contributed by atoms with E-state index in [1.807, 2.05) is 11.4 Å². The Morgan fingerprint density at radius 1 is 1.21 bits per heavy atom. The molecule has 4 amide bonds. The molecule has 1 aliphatic heterocycles. The summed E-state index contributed by atoms with van der Waals surface area (Å²) in [4.78, 5) is 52.0. The lowest BCUT2D eigenvalue weighted by Gasteiger charge is -2.31. The molecule has 1 aromatic heterocycles. The average Bonchev–Trinajstić information content (AvgIpc) is 3.29. The molecule has 7 nitrogen and oxygen atoms in total. The van der Waals surface area contributed by atoms with E-state index in [-0.39, 0.29) is 24.1 Å². The van der Waals surface area contributed by atoms with E-state index in [1.165, 1.54) is 0 Å². The second kappa shape index (κ2) is 7.44. The highest BCUT2D eigenvalue weighted by Gasteiger charge is 2.54. The van der Waals surface area contributed by atoms with Gasteiger partial charge in [-0.2, -0.15) is 0 Å². The summed E-state index contributed by atoms with van der Waals surface area (Å²) in [5, 5.41) is 7.50. The second-order valence-corrected chi connectivity index (χ2v) is 8.24. The van der Waals surface area contributed by atoms with Gasteiger partial charge in [-0.15, -0.1) is 11.3 Å². The molecule has 2 heterocycles. The molecular weight excluding hydrogens is 390 g/mol. The minimum Gasteiger partial charge on any atom is -0.326 e. The number of fused-ring (bicyclic) bond motifs is 2. The Morgan fingerprint density at radius 2 is 1.97 bits per heavy atom. The molecule has 4 rings (SSSR count). The standard InChI is InChI=1S/C21H21N3O4S/c1-2-18(26)22-14-7-5-13(6-8-14)16(25)12-24-19(27)21(23-20(24)28)10-3-4-17-15(21)9-11-29-17/h5-9,11H,2-4,10,12H2,1H3,(H,22,26)(H,23,28)/t21-/m1/s1. The Kier molecular flexibility index (Phi) is 4.96. The summed E-state index contributed by atoms with van der Waals surface area (Å²) in [6.45, 7) is 1.44. The van der Waals surface area contributed by atoms with Crippen LogP contribution in [0.25, 0.3) is 0 Å². The summed E-state index contributed by atoms with van der Waals surface area (Å²) in [5.74, 6) is -0.809. The number of imide groups is 1. The number of ketones is 1. The Labute approximate surface area is 172 Å². The van der Waals surface area contributed by atoms with Crippen molar-refractivity contribution in [2.75, 3.05) is 11.9 Å². The zero-order chi connectivity index (χ0) is 20.6. The van der Waals surface area contributed by atoms with Crippen LogP contribution < -0.4 is 10.6 Å². The van der Waals surface area contributed by atoms with Crippen molar-refractivity contribution in [3.05, 3.63) is 51.7 Å². The van der Waals surface area contributed by atoms with E-state index in [9.17, 15) is 19.2 Å². The van der Waals surface area contributed by atoms with Crippen LogP contribution in [0.3, 0.4) is 0 Å². The Bertz CT molecular complexity index is 998. The number of rotatable bonds is 5.